The van der Waals surface area contributed by atoms with Crippen LogP contribution in [-0.2, 0) is 0 Å². The van der Waals surface area contributed by atoms with E-state index in [4.69, 9.17) is 5.11 Å². The Morgan fingerprint density at radius 2 is 2.00 bits per heavy atom. The molecule has 5 nitrogen and oxygen atoms in total. The average molecular weight is 239 g/mol. The smallest absolute Gasteiger partial charge is 0.356 e. The summed E-state index contributed by atoms with van der Waals surface area (Å²) in [7, 11) is 0. The van der Waals surface area contributed by atoms with Crippen LogP contribution in [0.1, 0.15) is 10.5 Å². The molecule has 0 spiro atoms. The van der Waals surface area contributed by atoms with Crippen molar-refractivity contribution in [2.45, 2.75) is 0 Å². The lowest BCUT2D eigenvalue weighted by Crippen LogP contribution is -2.01. The van der Waals surface area contributed by atoms with E-state index in [-0.39, 0.29) is 5.69 Å². The van der Waals surface area contributed by atoms with E-state index in [9.17, 15) is 4.79 Å². The normalized spacial score (nSPS) is 10.7. The van der Waals surface area contributed by atoms with Gasteiger partial charge in [0.05, 0.1) is 11.2 Å². The third kappa shape index (κ3) is 1.62. The minimum absolute atomic E-state index is 0.0240. The lowest BCUT2D eigenvalue weighted by molar-refractivity contribution is 0.0690. The van der Waals surface area contributed by atoms with Crippen LogP contribution in [0.4, 0.5) is 0 Å². The number of carboxylic acid groups (broad SMARTS) is 1. The van der Waals surface area contributed by atoms with E-state index < -0.39 is 5.97 Å². The number of nitrogens with zero attached hydrogens (tertiary/aromatic N) is 3. The van der Waals surface area contributed by atoms with Crippen molar-refractivity contribution in [1.82, 2.24) is 14.8 Å². The Hall–Kier alpha value is -2.69. The minimum atomic E-state index is -1.04. The molecule has 0 bridgehead atoms. The number of carbonyl (C=O) groups is 1. The van der Waals surface area contributed by atoms with Gasteiger partial charge in [0.15, 0.2) is 5.69 Å². The molecule has 0 radical (unpaired) electrons. The van der Waals surface area contributed by atoms with E-state index in [1.54, 1.807) is 23.1 Å². The first kappa shape index (κ1) is 10.5. The summed E-state index contributed by atoms with van der Waals surface area (Å²) < 4.78 is 1.55. The zero-order chi connectivity index (χ0) is 12.5. The molecular weight excluding hydrogens is 230 g/mol. The fourth-order valence-electron chi connectivity index (χ4n) is 1.85. The highest BCUT2D eigenvalue weighted by atomic mass is 16.4. The van der Waals surface area contributed by atoms with Gasteiger partial charge in [0, 0.05) is 17.8 Å². The number of rotatable bonds is 2. The van der Waals surface area contributed by atoms with Crippen LogP contribution in [0.3, 0.4) is 0 Å². The molecular formula is C13H9N3O2. The van der Waals surface area contributed by atoms with Gasteiger partial charge in [-0.3, -0.25) is 4.98 Å². The predicted molar refractivity (Wildman–Crippen MR) is 65.8 cm³/mol. The van der Waals surface area contributed by atoms with Gasteiger partial charge in [-0.2, -0.15) is 5.10 Å². The van der Waals surface area contributed by atoms with Gasteiger partial charge in [0.1, 0.15) is 0 Å². The Morgan fingerprint density at radius 1 is 1.17 bits per heavy atom. The maximum atomic E-state index is 10.8. The Bertz CT molecular complexity index is 728. The van der Waals surface area contributed by atoms with Crippen molar-refractivity contribution >= 4 is 16.9 Å². The van der Waals surface area contributed by atoms with Gasteiger partial charge >= 0.3 is 5.97 Å². The molecule has 1 aromatic carbocycles. The molecule has 88 valence electrons. The van der Waals surface area contributed by atoms with E-state index in [0.717, 1.165) is 16.6 Å². The summed E-state index contributed by atoms with van der Waals surface area (Å²) in [5.41, 5.74) is 1.69. The highest BCUT2D eigenvalue weighted by Crippen LogP contribution is 2.19. The molecule has 0 atom stereocenters. The monoisotopic (exact) mass is 239 g/mol. The van der Waals surface area contributed by atoms with Gasteiger partial charge in [-0.25, -0.2) is 9.48 Å². The van der Waals surface area contributed by atoms with Gasteiger partial charge in [0.2, 0.25) is 0 Å². The van der Waals surface area contributed by atoms with Crippen molar-refractivity contribution in [2.24, 2.45) is 0 Å². The number of aromatic nitrogens is 3. The van der Waals surface area contributed by atoms with Gasteiger partial charge in [-0.15, -0.1) is 0 Å². The zero-order valence-corrected chi connectivity index (χ0v) is 9.32. The molecule has 3 aromatic rings. The molecule has 0 amide bonds. The van der Waals surface area contributed by atoms with E-state index in [2.05, 4.69) is 10.1 Å². The summed E-state index contributed by atoms with van der Waals surface area (Å²) >= 11 is 0. The number of benzene rings is 1. The molecule has 0 aliphatic rings. The summed E-state index contributed by atoms with van der Waals surface area (Å²) in [4.78, 5) is 15.1. The van der Waals surface area contributed by atoms with Gasteiger partial charge in [-0.05, 0) is 18.2 Å². The third-order valence-corrected chi connectivity index (χ3v) is 2.68. The Balaban J connectivity index is 2.21. The van der Waals surface area contributed by atoms with E-state index in [1.165, 1.54) is 6.07 Å². The largest absolute Gasteiger partial charge is 0.476 e. The molecule has 18 heavy (non-hydrogen) atoms. The van der Waals surface area contributed by atoms with Crippen LogP contribution in [0.15, 0.2) is 48.8 Å². The molecule has 1 N–H and O–H groups in total. The standard InChI is InChI=1S/C13H9N3O2/c17-13(18)11-6-8-16(15-11)12-5-7-14-10-4-2-1-3-9(10)12/h1-8H,(H,17,18). The van der Waals surface area contributed by atoms with Crippen molar-refractivity contribution < 1.29 is 9.90 Å². The first-order valence-electron chi connectivity index (χ1n) is 5.39. The minimum Gasteiger partial charge on any atom is -0.476 e. The highest BCUT2D eigenvalue weighted by Gasteiger charge is 2.09. The molecule has 0 aliphatic heterocycles. The Kier molecular flexibility index (Phi) is 2.30. The number of carboxylic acids is 1. The molecule has 2 heterocycles. The summed E-state index contributed by atoms with van der Waals surface area (Å²) in [5.74, 6) is -1.04. The molecule has 0 saturated heterocycles. The quantitative estimate of drug-likeness (QED) is 0.743. The van der Waals surface area contributed by atoms with E-state index >= 15 is 0 Å². The maximum Gasteiger partial charge on any atom is 0.356 e. The van der Waals surface area contributed by atoms with Crippen molar-refractivity contribution in [3.63, 3.8) is 0 Å². The number of hydrogen-bond donors (Lipinski definition) is 1. The van der Waals surface area contributed by atoms with Gasteiger partial charge in [0.25, 0.3) is 0 Å². The predicted octanol–water partition coefficient (Wildman–Crippen LogP) is 2.12. The first-order valence-corrected chi connectivity index (χ1v) is 5.39. The molecule has 0 unspecified atom stereocenters. The SMILES string of the molecule is O=C(O)c1ccn(-c2ccnc3ccccc23)n1. The number of para-hydroxylation sites is 1. The number of pyridine rings is 1. The molecule has 3 rings (SSSR count). The second-order valence-corrected chi connectivity index (χ2v) is 3.80. The molecule has 0 aliphatic carbocycles. The van der Waals surface area contributed by atoms with Gasteiger partial charge < -0.3 is 5.11 Å². The molecule has 5 heteroatoms. The number of hydrogen-bond acceptors (Lipinski definition) is 3. The summed E-state index contributed by atoms with van der Waals surface area (Å²) in [6.45, 7) is 0. The Morgan fingerprint density at radius 3 is 2.78 bits per heavy atom. The fraction of sp³-hybridized carbons (Fsp3) is 0. The average Bonchev–Trinajstić information content (AvgIpc) is 2.87. The fourth-order valence-corrected chi connectivity index (χ4v) is 1.85. The van der Waals surface area contributed by atoms with Crippen LogP contribution in [-0.4, -0.2) is 25.8 Å². The second kappa shape index (κ2) is 3.96. The summed E-state index contributed by atoms with van der Waals surface area (Å²) in [5, 5.41) is 13.8. The highest BCUT2D eigenvalue weighted by molar-refractivity contribution is 5.87. The lowest BCUT2D eigenvalue weighted by Gasteiger charge is -2.05. The van der Waals surface area contributed by atoms with Crippen molar-refractivity contribution in [3.05, 3.63) is 54.5 Å². The first-order chi connectivity index (χ1) is 8.75. The van der Waals surface area contributed by atoms with Crippen molar-refractivity contribution in [2.75, 3.05) is 0 Å². The maximum absolute atomic E-state index is 10.8. The van der Waals surface area contributed by atoms with Crippen LogP contribution >= 0.6 is 0 Å². The molecule has 0 fully saturated rings. The summed E-state index contributed by atoms with van der Waals surface area (Å²) in [6.07, 6.45) is 3.31. The zero-order valence-electron chi connectivity index (χ0n) is 9.32. The van der Waals surface area contributed by atoms with Crippen LogP contribution in [0.25, 0.3) is 16.6 Å². The van der Waals surface area contributed by atoms with E-state index in [1.807, 2.05) is 24.3 Å². The van der Waals surface area contributed by atoms with Gasteiger partial charge in [-0.1, -0.05) is 18.2 Å². The molecule has 0 saturated carbocycles. The van der Waals surface area contributed by atoms with Crippen LogP contribution < -0.4 is 0 Å². The number of fused-ring (bicyclic) bond motifs is 1. The lowest BCUT2D eigenvalue weighted by atomic mass is 10.2. The topological polar surface area (TPSA) is 68.0 Å². The Labute approximate surface area is 102 Å². The number of aromatic carboxylic acids is 1. The van der Waals surface area contributed by atoms with Crippen molar-refractivity contribution in [3.8, 4) is 5.69 Å². The molecule has 2 aromatic heterocycles. The van der Waals surface area contributed by atoms with Crippen LogP contribution in [0.2, 0.25) is 0 Å². The van der Waals surface area contributed by atoms with E-state index in [0.29, 0.717) is 0 Å². The summed E-state index contributed by atoms with van der Waals surface area (Å²) in [6, 6.07) is 10.9. The second-order valence-electron chi connectivity index (χ2n) is 3.80. The third-order valence-electron chi connectivity index (χ3n) is 2.68. The van der Waals surface area contributed by atoms with Crippen LogP contribution in [0, 0.1) is 0 Å². The van der Waals surface area contributed by atoms with Crippen molar-refractivity contribution in [1.29, 1.82) is 0 Å². The van der Waals surface area contributed by atoms with Crippen LogP contribution in [0.5, 0.6) is 0 Å².